The van der Waals surface area contributed by atoms with Crippen LogP contribution in [0.2, 0.25) is 0 Å². The maximum absolute atomic E-state index is 5.96. The summed E-state index contributed by atoms with van der Waals surface area (Å²) in [6, 6.07) is 12.8. The number of ether oxygens (including phenoxy) is 2. The summed E-state index contributed by atoms with van der Waals surface area (Å²) in [6.45, 7) is 4.46. The number of hydrogen-bond acceptors (Lipinski definition) is 4. The second kappa shape index (κ2) is 13.0. The number of guanidine groups is 1. The minimum Gasteiger partial charge on any atom is -0.381 e. The lowest BCUT2D eigenvalue weighted by Gasteiger charge is -2.39. The minimum atomic E-state index is 0. The first-order valence-corrected chi connectivity index (χ1v) is 11.8. The number of nitrogens with one attached hydrogen (secondary N) is 2. The van der Waals surface area contributed by atoms with Crippen LogP contribution in [0, 0.1) is 0 Å². The van der Waals surface area contributed by atoms with Crippen molar-refractivity contribution >= 4 is 29.9 Å². The monoisotopic (exact) mass is 542 g/mol. The smallest absolute Gasteiger partial charge is 0.191 e. The fraction of sp³-hybridized carbons (Fsp3) is 0.708. The Morgan fingerprint density at radius 3 is 2.48 bits per heavy atom. The Kier molecular flexibility index (Phi) is 10.3. The molecule has 31 heavy (non-hydrogen) atoms. The largest absolute Gasteiger partial charge is 0.381 e. The molecule has 2 N–H and O–H groups in total. The zero-order valence-corrected chi connectivity index (χ0v) is 21.1. The van der Waals surface area contributed by atoms with Gasteiger partial charge in [-0.15, -0.1) is 24.0 Å². The van der Waals surface area contributed by atoms with Crippen LogP contribution >= 0.6 is 24.0 Å². The van der Waals surface area contributed by atoms with Gasteiger partial charge in [-0.3, -0.25) is 9.89 Å². The van der Waals surface area contributed by atoms with Crippen LogP contribution in [0.25, 0.3) is 0 Å². The molecule has 0 spiro atoms. The third-order valence-corrected chi connectivity index (χ3v) is 6.79. The molecule has 0 saturated carbocycles. The van der Waals surface area contributed by atoms with Crippen LogP contribution < -0.4 is 10.6 Å². The third kappa shape index (κ3) is 7.30. The standard InChI is InChI=1S/C24H38N4O2.HI/c1-25-24(26-12-5-13-30-23-10-14-29-15-11-23)27-20-16-21-8-9-22(17-20)28(21)18-19-6-3-2-4-7-19;/h2-4,6-7,20-23H,5,8-18H2,1H3,(H2,25,26,27);1H. The van der Waals surface area contributed by atoms with Crippen molar-refractivity contribution in [2.24, 2.45) is 4.99 Å². The Hall–Kier alpha value is -0.900. The van der Waals surface area contributed by atoms with Crippen molar-refractivity contribution in [2.45, 2.75) is 75.7 Å². The van der Waals surface area contributed by atoms with E-state index < -0.39 is 0 Å². The van der Waals surface area contributed by atoms with E-state index in [-0.39, 0.29) is 24.0 Å². The number of aliphatic imine (C=N–C) groups is 1. The van der Waals surface area contributed by atoms with E-state index in [4.69, 9.17) is 9.47 Å². The van der Waals surface area contributed by atoms with Crippen molar-refractivity contribution in [2.75, 3.05) is 33.4 Å². The second-order valence-electron chi connectivity index (χ2n) is 8.89. The number of halogens is 1. The van der Waals surface area contributed by atoms with Gasteiger partial charge < -0.3 is 20.1 Å². The molecule has 3 fully saturated rings. The number of rotatable bonds is 8. The summed E-state index contributed by atoms with van der Waals surface area (Å²) in [6.07, 6.45) is 8.50. The Morgan fingerprint density at radius 2 is 1.81 bits per heavy atom. The summed E-state index contributed by atoms with van der Waals surface area (Å²) < 4.78 is 11.3. The SMILES string of the molecule is CN=C(NCCCOC1CCOCC1)NC1CC2CCC(C1)N2Cc1ccccc1.I. The van der Waals surface area contributed by atoms with Gasteiger partial charge in [0.2, 0.25) is 0 Å². The molecular formula is C24H39IN4O2. The van der Waals surface area contributed by atoms with Crippen LogP contribution in [-0.4, -0.2) is 68.5 Å². The maximum Gasteiger partial charge on any atom is 0.191 e. The normalized spacial score (nSPS) is 27.0. The molecule has 3 aliphatic heterocycles. The zero-order valence-electron chi connectivity index (χ0n) is 18.8. The molecule has 1 aromatic rings. The van der Waals surface area contributed by atoms with Crippen molar-refractivity contribution in [3.05, 3.63) is 35.9 Å². The first-order valence-electron chi connectivity index (χ1n) is 11.8. The van der Waals surface area contributed by atoms with Crippen LogP contribution in [-0.2, 0) is 16.0 Å². The van der Waals surface area contributed by atoms with Crippen LogP contribution in [0.15, 0.2) is 35.3 Å². The van der Waals surface area contributed by atoms with Crippen molar-refractivity contribution < 1.29 is 9.47 Å². The summed E-state index contributed by atoms with van der Waals surface area (Å²) in [4.78, 5) is 7.18. The first-order chi connectivity index (χ1) is 14.8. The highest BCUT2D eigenvalue weighted by Gasteiger charge is 2.40. The fourth-order valence-electron chi connectivity index (χ4n) is 5.20. The van der Waals surface area contributed by atoms with E-state index in [2.05, 4.69) is 50.9 Å². The first kappa shape index (κ1) is 24.7. The molecule has 2 atom stereocenters. The number of fused-ring (bicyclic) bond motifs is 2. The van der Waals surface area contributed by atoms with E-state index in [0.717, 1.165) is 58.1 Å². The molecule has 2 unspecified atom stereocenters. The number of piperidine rings is 1. The predicted molar refractivity (Wildman–Crippen MR) is 136 cm³/mol. The molecule has 0 radical (unpaired) electrons. The average Bonchev–Trinajstić information content (AvgIpc) is 3.01. The second-order valence-corrected chi connectivity index (χ2v) is 8.89. The molecule has 3 aliphatic rings. The van der Waals surface area contributed by atoms with Crippen LogP contribution in [0.5, 0.6) is 0 Å². The summed E-state index contributed by atoms with van der Waals surface area (Å²) in [5.74, 6) is 0.932. The van der Waals surface area contributed by atoms with E-state index >= 15 is 0 Å². The van der Waals surface area contributed by atoms with Crippen molar-refractivity contribution in [1.82, 2.24) is 15.5 Å². The van der Waals surface area contributed by atoms with E-state index in [0.29, 0.717) is 24.2 Å². The van der Waals surface area contributed by atoms with Crippen LogP contribution in [0.3, 0.4) is 0 Å². The summed E-state index contributed by atoms with van der Waals surface area (Å²) in [5, 5.41) is 7.16. The number of benzene rings is 1. The van der Waals surface area contributed by atoms with Crippen molar-refractivity contribution in [3.63, 3.8) is 0 Å². The number of hydrogen-bond donors (Lipinski definition) is 2. The quantitative estimate of drug-likeness (QED) is 0.228. The Morgan fingerprint density at radius 1 is 1.10 bits per heavy atom. The van der Waals surface area contributed by atoms with Gasteiger partial charge in [0.25, 0.3) is 0 Å². The predicted octanol–water partition coefficient (Wildman–Crippen LogP) is 3.55. The molecule has 7 heteroatoms. The molecule has 3 heterocycles. The highest BCUT2D eigenvalue weighted by molar-refractivity contribution is 14.0. The van der Waals surface area contributed by atoms with Crippen LogP contribution in [0.4, 0.5) is 0 Å². The topological polar surface area (TPSA) is 58.1 Å². The van der Waals surface area contributed by atoms with Gasteiger partial charge in [0.05, 0.1) is 6.10 Å². The molecule has 3 saturated heterocycles. The molecule has 4 rings (SSSR count). The Balaban J connectivity index is 0.00000272. The molecule has 0 amide bonds. The van der Waals surface area contributed by atoms with Gasteiger partial charge in [-0.1, -0.05) is 30.3 Å². The molecule has 174 valence electrons. The molecular weight excluding hydrogens is 503 g/mol. The van der Waals surface area contributed by atoms with E-state index in [9.17, 15) is 0 Å². The Labute approximate surface area is 204 Å². The van der Waals surface area contributed by atoms with Gasteiger partial charge in [-0.05, 0) is 50.5 Å². The Bertz CT molecular complexity index is 655. The fourth-order valence-corrected chi connectivity index (χ4v) is 5.20. The highest BCUT2D eigenvalue weighted by Crippen LogP contribution is 2.36. The van der Waals surface area contributed by atoms with Gasteiger partial charge in [0.1, 0.15) is 0 Å². The van der Waals surface area contributed by atoms with Crippen LogP contribution in [0.1, 0.15) is 50.5 Å². The van der Waals surface area contributed by atoms with Gasteiger partial charge >= 0.3 is 0 Å². The molecule has 2 bridgehead atoms. The molecule has 6 nitrogen and oxygen atoms in total. The van der Waals surface area contributed by atoms with E-state index in [1.54, 1.807) is 0 Å². The molecule has 0 aliphatic carbocycles. The highest BCUT2D eigenvalue weighted by atomic mass is 127. The third-order valence-electron chi connectivity index (χ3n) is 6.79. The lowest BCUT2D eigenvalue weighted by atomic mass is 9.96. The van der Waals surface area contributed by atoms with Gasteiger partial charge in [-0.25, -0.2) is 0 Å². The maximum atomic E-state index is 5.96. The summed E-state index contributed by atoms with van der Waals surface area (Å²) in [5.41, 5.74) is 1.43. The van der Waals surface area contributed by atoms with E-state index in [1.807, 2.05) is 7.05 Å². The lowest BCUT2D eigenvalue weighted by Crippen LogP contribution is -2.52. The molecule has 1 aromatic carbocycles. The van der Waals surface area contributed by atoms with Gasteiger partial charge in [0, 0.05) is 58.1 Å². The van der Waals surface area contributed by atoms with Gasteiger partial charge in [0.15, 0.2) is 5.96 Å². The summed E-state index contributed by atoms with van der Waals surface area (Å²) >= 11 is 0. The van der Waals surface area contributed by atoms with Gasteiger partial charge in [-0.2, -0.15) is 0 Å². The number of nitrogens with zero attached hydrogens (tertiary/aromatic N) is 2. The van der Waals surface area contributed by atoms with Crippen molar-refractivity contribution in [3.8, 4) is 0 Å². The van der Waals surface area contributed by atoms with Crippen molar-refractivity contribution in [1.29, 1.82) is 0 Å². The zero-order chi connectivity index (χ0) is 20.6. The minimum absolute atomic E-state index is 0. The lowest BCUT2D eigenvalue weighted by molar-refractivity contribution is -0.0320. The van der Waals surface area contributed by atoms with E-state index in [1.165, 1.54) is 31.2 Å². The average molecular weight is 543 g/mol. The summed E-state index contributed by atoms with van der Waals surface area (Å²) in [7, 11) is 1.87. The molecule has 0 aromatic heterocycles.